The fourth-order valence-corrected chi connectivity index (χ4v) is 1.45. The van der Waals surface area contributed by atoms with Gasteiger partial charge in [-0.2, -0.15) is 0 Å². The van der Waals surface area contributed by atoms with Crippen molar-refractivity contribution < 1.29 is 9.53 Å². The second-order valence-corrected chi connectivity index (χ2v) is 3.66. The quantitative estimate of drug-likeness (QED) is 0.727. The Balaban J connectivity index is 2.55. The smallest absolute Gasteiger partial charge is 0.237 e. The Labute approximate surface area is 101 Å². The Bertz CT molecular complexity index is 391. The number of hydrogen-bond acceptors (Lipinski definition) is 3. The molecule has 0 aliphatic carbocycles. The maximum Gasteiger partial charge on any atom is 0.237 e. The van der Waals surface area contributed by atoms with Gasteiger partial charge in [0, 0.05) is 12.1 Å². The van der Waals surface area contributed by atoms with Crippen molar-refractivity contribution in [3.8, 4) is 5.75 Å². The van der Waals surface area contributed by atoms with E-state index in [1.807, 2.05) is 24.3 Å². The summed E-state index contributed by atoms with van der Waals surface area (Å²) in [6.45, 7) is 3.96. The number of para-hydroxylation sites is 1. The van der Waals surface area contributed by atoms with Crippen LogP contribution < -0.4 is 15.8 Å². The molecule has 4 nitrogen and oxygen atoms in total. The highest BCUT2D eigenvalue weighted by Crippen LogP contribution is 2.16. The Hall–Kier alpha value is -1.81. The molecule has 1 aromatic rings. The number of nitrogens with one attached hydrogen (secondary N) is 1. The number of rotatable bonds is 6. The van der Waals surface area contributed by atoms with E-state index in [0.29, 0.717) is 13.0 Å². The normalized spacial score (nSPS) is 11.6. The molecule has 0 spiro atoms. The minimum atomic E-state index is -0.540. The van der Waals surface area contributed by atoms with Crippen molar-refractivity contribution in [2.24, 2.45) is 5.73 Å². The summed E-state index contributed by atoms with van der Waals surface area (Å²) in [6.07, 6.45) is 2.10. The topological polar surface area (TPSA) is 64.4 Å². The minimum Gasteiger partial charge on any atom is -0.496 e. The van der Waals surface area contributed by atoms with Crippen molar-refractivity contribution in [3.63, 3.8) is 0 Å². The fraction of sp³-hybridized carbons (Fsp3) is 0.308. The van der Waals surface area contributed by atoms with Gasteiger partial charge in [-0.15, -0.1) is 6.58 Å². The zero-order chi connectivity index (χ0) is 12.7. The molecule has 1 aromatic carbocycles. The Morgan fingerprint density at radius 3 is 2.94 bits per heavy atom. The first-order valence-electron chi connectivity index (χ1n) is 5.45. The average molecular weight is 234 g/mol. The highest BCUT2D eigenvalue weighted by molar-refractivity contribution is 5.81. The monoisotopic (exact) mass is 234 g/mol. The molecule has 0 aliphatic heterocycles. The molecule has 0 saturated heterocycles. The van der Waals surface area contributed by atoms with Gasteiger partial charge >= 0.3 is 0 Å². The molecule has 4 heteroatoms. The molecule has 0 saturated carbocycles. The predicted molar refractivity (Wildman–Crippen MR) is 67.6 cm³/mol. The third-order valence-electron chi connectivity index (χ3n) is 2.40. The van der Waals surface area contributed by atoms with Crippen LogP contribution in [0, 0.1) is 0 Å². The van der Waals surface area contributed by atoms with Gasteiger partial charge in [-0.05, 0) is 12.5 Å². The van der Waals surface area contributed by atoms with Crippen molar-refractivity contribution in [1.29, 1.82) is 0 Å². The van der Waals surface area contributed by atoms with Gasteiger partial charge in [0.2, 0.25) is 5.91 Å². The molecule has 1 amide bonds. The van der Waals surface area contributed by atoms with Crippen LogP contribution in [0.25, 0.3) is 0 Å². The molecule has 1 atom stereocenters. The van der Waals surface area contributed by atoms with Crippen molar-refractivity contribution in [3.05, 3.63) is 42.5 Å². The second-order valence-electron chi connectivity index (χ2n) is 3.66. The molecule has 3 N–H and O–H groups in total. The van der Waals surface area contributed by atoms with Crippen LogP contribution in [0.1, 0.15) is 12.0 Å². The molecular weight excluding hydrogens is 216 g/mol. The van der Waals surface area contributed by atoms with Gasteiger partial charge in [0.25, 0.3) is 0 Å². The van der Waals surface area contributed by atoms with Crippen LogP contribution in [0.5, 0.6) is 5.75 Å². The number of methoxy groups -OCH3 is 1. The maximum absolute atomic E-state index is 11.6. The van der Waals surface area contributed by atoms with E-state index in [2.05, 4.69) is 11.9 Å². The molecule has 0 radical (unpaired) electrons. The molecule has 0 bridgehead atoms. The number of nitrogens with two attached hydrogens (primary N) is 1. The molecule has 1 unspecified atom stereocenters. The van der Waals surface area contributed by atoms with Crippen LogP contribution >= 0.6 is 0 Å². The van der Waals surface area contributed by atoms with E-state index in [0.717, 1.165) is 11.3 Å². The molecular formula is C13H18N2O2. The van der Waals surface area contributed by atoms with Crippen molar-refractivity contribution in [1.82, 2.24) is 5.32 Å². The van der Waals surface area contributed by atoms with Gasteiger partial charge < -0.3 is 15.8 Å². The predicted octanol–water partition coefficient (Wildman–Crippen LogP) is 1.21. The number of ether oxygens (including phenoxy) is 1. The van der Waals surface area contributed by atoms with Crippen molar-refractivity contribution >= 4 is 5.91 Å². The summed E-state index contributed by atoms with van der Waals surface area (Å²) in [5, 5.41) is 2.77. The molecule has 0 fully saturated rings. The largest absolute Gasteiger partial charge is 0.496 e. The third-order valence-corrected chi connectivity index (χ3v) is 2.40. The number of carbonyl (C=O) groups excluding carboxylic acids is 1. The Kier molecular flexibility index (Phi) is 5.23. The van der Waals surface area contributed by atoms with Crippen LogP contribution in [0.3, 0.4) is 0 Å². The van der Waals surface area contributed by atoms with Gasteiger partial charge in [0.05, 0.1) is 13.2 Å². The zero-order valence-corrected chi connectivity index (χ0v) is 9.98. The van der Waals surface area contributed by atoms with Crippen molar-refractivity contribution in [2.75, 3.05) is 7.11 Å². The summed E-state index contributed by atoms with van der Waals surface area (Å²) < 4.78 is 5.19. The first-order chi connectivity index (χ1) is 8.19. The van der Waals surface area contributed by atoms with Crippen molar-refractivity contribution in [2.45, 2.75) is 19.0 Å². The third kappa shape index (κ3) is 3.92. The molecule has 1 rings (SSSR count). The number of benzene rings is 1. The maximum atomic E-state index is 11.6. The van der Waals surface area contributed by atoms with E-state index in [4.69, 9.17) is 10.5 Å². The van der Waals surface area contributed by atoms with Crippen LogP contribution in [0.2, 0.25) is 0 Å². The molecule has 0 heterocycles. The summed E-state index contributed by atoms with van der Waals surface area (Å²) >= 11 is 0. The summed E-state index contributed by atoms with van der Waals surface area (Å²) in [5.41, 5.74) is 6.57. The van der Waals surface area contributed by atoms with Crippen LogP contribution in [0.4, 0.5) is 0 Å². The number of amides is 1. The van der Waals surface area contributed by atoms with Gasteiger partial charge in [0.1, 0.15) is 5.75 Å². The Morgan fingerprint density at radius 2 is 2.29 bits per heavy atom. The van der Waals surface area contributed by atoms with Gasteiger partial charge in [-0.25, -0.2) is 0 Å². The summed E-state index contributed by atoms with van der Waals surface area (Å²) in [7, 11) is 1.60. The lowest BCUT2D eigenvalue weighted by molar-refractivity contribution is -0.122. The highest BCUT2D eigenvalue weighted by atomic mass is 16.5. The minimum absolute atomic E-state index is 0.184. The van der Waals surface area contributed by atoms with Crippen LogP contribution in [0.15, 0.2) is 36.9 Å². The summed E-state index contributed by atoms with van der Waals surface area (Å²) in [4.78, 5) is 11.6. The van der Waals surface area contributed by atoms with E-state index >= 15 is 0 Å². The van der Waals surface area contributed by atoms with E-state index in [1.54, 1.807) is 13.2 Å². The molecule has 17 heavy (non-hydrogen) atoms. The summed E-state index contributed by atoms with van der Waals surface area (Å²) in [5.74, 6) is 0.570. The molecule has 0 aliphatic rings. The van der Waals surface area contributed by atoms with Gasteiger partial charge in [-0.3, -0.25) is 4.79 Å². The first kappa shape index (κ1) is 13.3. The van der Waals surface area contributed by atoms with E-state index in [9.17, 15) is 4.79 Å². The van der Waals surface area contributed by atoms with E-state index in [-0.39, 0.29) is 5.91 Å². The fourth-order valence-electron chi connectivity index (χ4n) is 1.45. The molecule has 0 aromatic heterocycles. The lowest BCUT2D eigenvalue weighted by Crippen LogP contribution is -2.39. The number of hydrogen-bond donors (Lipinski definition) is 2. The average Bonchev–Trinajstić information content (AvgIpc) is 2.36. The SMILES string of the molecule is C=CCC(N)C(=O)NCc1ccccc1OC. The van der Waals surface area contributed by atoms with Gasteiger partial charge in [-0.1, -0.05) is 24.3 Å². The zero-order valence-electron chi connectivity index (χ0n) is 9.98. The molecule has 92 valence electrons. The second kappa shape index (κ2) is 6.70. The van der Waals surface area contributed by atoms with Crippen LogP contribution in [-0.2, 0) is 11.3 Å². The van der Waals surface area contributed by atoms with Gasteiger partial charge in [0.15, 0.2) is 0 Å². The van der Waals surface area contributed by atoms with Crippen LogP contribution in [-0.4, -0.2) is 19.1 Å². The number of carbonyl (C=O) groups is 1. The lowest BCUT2D eigenvalue weighted by atomic mass is 10.1. The Morgan fingerprint density at radius 1 is 1.59 bits per heavy atom. The van der Waals surface area contributed by atoms with E-state index in [1.165, 1.54) is 0 Å². The first-order valence-corrected chi connectivity index (χ1v) is 5.45. The van der Waals surface area contributed by atoms with E-state index < -0.39 is 6.04 Å². The summed E-state index contributed by atoms with van der Waals surface area (Å²) in [6, 6.07) is 6.99. The lowest BCUT2D eigenvalue weighted by Gasteiger charge is -2.12. The standard InChI is InChI=1S/C13H18N2O2/c1-3-6-11(14)13(16)15-9-10-7-4-5-8-12(10)17-2/h3-5,7-8,11H,1,6,9,14H2,2H3,(H,15,16). The highest BCUT2D eigenvalue weighted by Gasteiger charge is 2.11.